The van der Waals surface area contributed by atoms with E-state index in [1.165, 1.54) is 6.08 Å². The molecular formula is C12H18O2. The standard InChI is InChI=1S/C12H18O2/c1-4-10(2)9-11(3)7-5-6-8-12(13)14/h5-10H,4H2,1-3H3,(H,13,14)/b7-5+,8-6+,11-9+. The number of carbonyl (C=O) groups is 1. The monoisotopic (exact) mass is 194 g/mol. The number of hydrogen-bond donors (Lipinski definition) is 1. The van der Waals surface area contributed by atoms with Crippen molar-refractivity contribution < 1.29 is 9.90 Å². The van der Waals surface area contributed by atoms with Gasteiger partial charge in [-0.15, -0.1) is 0 Å². The van der Waals surface area contributed by atoms with Crippen molar-refractivity contribution in [3.05, 3.63) is 36.0 Å². The van der Waals surface area contributed by atoms with Crippen LogP contribution in [-0.2, 0) is 4.79 Å². The van der Waals surface area contributed by atoms with Gasteiger partial charge in [0.05, 0.1) is 0 Å². The van der Waals surface area contributed by atoms with Gasteiger partial charge in [-0.1, -0.05) is 50.1 Å². The third-order valence-corrected chi connectivity index (χ3v) is 1.90. The molecule has 0 heterocycles. The van der Waals surface area contributed by atoms with Crippen LogP contribution in [0, 0.1) is 5.92 Å². The fraction of sp³-hybridized carbons (Fsp3) is 0.417. The Morgan fingerprint density at radius 3 is 2.43 bits per heavy atom. The van der Waals surface area contributed by atoms with Crippen LogP contribution in [0.4, 0.5) is 0 Å². The second-order valence-electron chi connectivity index (χ2n) is 3.35. The van der Waals surface area contributed by atoms with Gasteiger partial charge in [-0.25, -0.2) is 4.79 Å². The van der Waals surface area contributed by atoms with Crippen molar-refractivity contribution >= 4 is 5.97 Å². The molecule has 0 aromatic rings. The Morgan fingerprint density at radius 2 is 1.93 bits per heavy atom. The largest absolute Gasteiger partial charge is 0.478 e. The average Bonchev–Trinajstić information content (AvgIpc) is 2.12. The first-order valence-electron chi connectivity index (χ1n) is 4.82. The minimum atomic E-state index is -0.918. The maximum atomic E-state index is 10.1. The Hall–Kier alpha value is -1.31. The van der Waals surface area contributed by atoms with Crippen molar-refractivity contribution in [2.24, 2.45) is 5.92 Å². The van der Waals surface area contributed by atoms with Crippen molar-refractivity contribution in [2.45, 2.75) is 27.2 Å². The highest BCUT2D eigenvalue weighted by atomic mass is 16.4. The van der Waals surface area contributed by atoms with Gasteiger partial charge < -0.3 is 5.11 Å². The molecule has 0 aliphatic heterocycles. The van der Waals surface area contributed by atoms with Crippen LogP contribution in [0.5, 0.6) is 0 Å². The highest BCUT2D eigenvalue weighted by molar-refractivity contribution is 5.80. The van der Waals surface area contributed by atoms with Gasteiger partial charge in [0.25, 0.3) is 0 Å². The Bertz CT molecular complexity index is 259. The van der Waals surface area contributed by atoms with E-state index in [0.29, 0.717) is 5.92 Å². The Labute approximate surface area is 85.6 Å². The van der Waals surface area contributed by atoms with E-state index in [-0.39, 0.29) is 0 Å². The van der Waals surface area contributed by atoms with Crippen molar-refractivity contribution in [2.75, 3.05) is 0 Å². The van der Waals surface area contributed by atoms with Gasteiger partial charge in [-0.3, -0.25) is 0 Å². The van der Waals surface area contributed by atoms with E-state index in [2.05, 4.69) is 19.9 Å². The normalized spacial score (nSPS) is 15.2. The number of hydrogen-bond acceptors (Lipinski definition) is 1. The quantitative estimate of drug-likeness (QED) is 0.539. The topological polar surface area (TPSA) is 37.3 Å². The van der Waals surface area contributed by atoms with Crippen LogP contribution >= 0.6 is 0 Å². The van der Waals surface area contributed by atoms with E-state index in [9.17, 15) is 4.79 Å². The van der Waals surface area contributed by atoms with Gasteiger partial charge >= 0.3 is 5.97 Å². The predicted molar refractivity (Wildman–Crippen MR) is 59.1 cm³/mol. The van der Waals surface area contributed by atoms with Gasteiger partial charge in [0.2, 0.25) is 0 Å². The lowest BCUT2D eigenvalue weighted by molar-refractivity contribution is -0.131. The maximum Gasteiger partial charge on any atom is 0.328 e. The molecule has 0 bridgehead atoms. The molecule has 1 unspecified atom stereocenters. The summed E-state index contributed by atoms with van der Waals surface area (Å²) in [5.41, 5.74) is 1.16. The molecule has 0 fully saturated rings. The number of aliphatic carboxylic acids is 1. The first kappa shape index (κ1) is 12.7. The second kappa shape index (κ2) is 7.13. The molecule has 78 valence electrons. The molecule has 0 aromatic heterocycles. The molecule has 0 saturated carbocycles. The highest BCUT2D eigenvalue weighted by Crippen LogP contribution is 2.07. The molecule has 0 spiro atoms. The fourth-order valence-corrected chi connectivity index (χ4v) is 0.967. The first-order chi connectivity index (χ1) is 6.56. The molecule has 1 N–H and O–H groups in total. The smallest absolute Gasteiger partial charge is 0.328 e. The molecule has 0 rings (SSSR count). The Kier molecular flexibility index (Phi) is 6.46. The zero-order valence-corrected chi connectivity index (χ0v) is 9.03. The van der Waals surface area contributed by atoms with E-state index >= 15 is 0 Å². The lowest BCUT2D eigenvalue weighted by Gasteiger charge is -2.00. The fourth-order valence-electron chi connectivity index (χ4n) is 0.967. The van der Waals surface area contributed by atoms with E-state index in [4.69, 9.17) is 5.11 Å². The van der Waals surface area contributed by atoms with Gasteiger partial charge in [0, 0.05) is 6.08 Å². The van der Waals surface area contributed by atoms with Crippen molar-refractivity contribution in [1.82, 2.24) is 0 Å². The number of allylic oxidation sites excluding steroid dienone is 5. The van der Waals surface area contributed by atoms with E-state index in [0.717, 1.165) is 18.1 Å². The van der Waals surface area contributed by atoms with Crippen LogP contribution in [-0.4, -0.2) is 11.1 Å². The van der Waals surface area contributed by atoms with Gasteiger partial charge in [0.15, 0.2) is 0 Å². The van der Waals surface area contributed by atoms with Crippen molar-refractivity contribution in [3.63, 3.8) is 0 Å². The van der Waals surface area contributed by atoms with E-state index in [1.54, 1.807) is 6.08 Å². The highest BCUT2D eigenvalue weighted by Gasteiger charge is 1.91. The molecule has 0 aliphatic rings. The molecular weight excluding hydrogens is 176 g/mol. The summed E-state index contributed by atoms with van der Waals surface area (Å²) in [5, 5.41) is 8.33. The third kappa shape index (κ3) is 7.35. The van der Waals surface area contributed by atoms with Gasteiger partial charge in [-0.05, 0) is 12.8 Å². The molecule has 2 heteroatoms. The zero-order valence-electron chi connectivity index (χ0n) is 9.03. The number of rotatable bonds is 5. The summed E-state index contributed by atoms with van der Waals surface area (Å²) in [6, 6.07) is 0. The Morgan fingerprint density at radius 1 is 1.36 bits per heavy atom. The van der Waals surface area contributed by atoms with Gasteiger partial charge in [0.1, 0.15) is 0 Å². The van der Waals surface area contributed by atoms with Crippen LogP contribution in [0.25, 0.3) is 0 Å². The summed E-state index contributed by atoms with van der Waals surface area (Å²) in [6.45, 7) is 6.31. The van der Waals surface area contributed by atoms with E-state index < -0.39 is 5.97 Å². The maximum absolute atomic E-state index is 10.1. The third-order valence-electron chi connectivity index (χ3n) is 1.90. The second-order valence-corrected chi connectivity index (χ2v) is 3.35. The minimum absolute atomic E-state index is 0.572. The van der Waals surface area contributed by atoms with Crippen LogP contribution in [0.1, 0.15) is 27.2 Å². The molecule has 2 nitrogen and oxygen atoms in total. The molecule has 14 heavy (non-hydrogen) atoms. The zero-order chi connectivity index (χ0) is 11.0. The molecule has 0 aliphatic carbocycles. The minimum Gasteiger partial charge on any atom is -0.478 e. The van der Waals surface area contributed by atoms with Crippen molar-refractivity contribution in [3.8, 4) is 0 Å². The number of carboxylic acid groups (broad SMARTS) is 1. The molecule has 0 radical (unpaired) electrons. The van der Waals surface area contributed by atoms with Crippen LogP contribution in [0.2, 0.25) is 0 Å². The Balaban J connectivity index is 4.11. The van der Waals surface area contributed by atoms with Crippen molar-refractivity contribution in [1.29, 1.82) is 0 Å². The SMILES string of the molecule is CCC(C)/C=C(C)/C=C/C=C/C(=O)O. The molecule has 0 amide bonds. The lowest BCUT2D eigenvalue weighted by Crippen LogP contribution is -1.86. The predicted octanol–water partition coefficient (Wildman–Crippen LogP) is 3.18. The summed E-state index contributed by atoms with van der Waals surface area (Å²) in [5.74, 6) is -0.346. The van der Waals surface area contributed by atoms with Crippen LogP contribution < -0.4 is 0 Å². The van der Waals surface area contributed by atoms with E-state index in [1.807, 2.05) is 13.0 Å². The number of carboxylic acids is 1. The summed E-state index contributed by atoms with van der Waals surface area (Å²) < 4.78 is 0. The van der Waals surface area contributed by atoms with Crippen LogP contribution in [0.3, 0.4) is 0 Å². The average molecular weight is 194 g/mol. The van der Waals surface area contributed by atoms with Gasteiger partial charge in [-0.2, -0.15) is 0 Å². The first-order valence-corrected chi connectivity index (χ1v) is 4.82. The molecule has 0 aromatic carbocycles. The lowest BCUT2D eigenvalue weighted by atomic mass is 10.1. The summed E-state index contributed by atoms with van der Waals surface area (Å²) in [4.78, 5) is 10.1. The molecule has 0 saturated heterocycles. The summed E-state index contributed by atoms with van der Waals surface area (Å²) in [6.07, 6.45) is 9.58. The summed E-state index contributed by atoms with van der Waals surface area (Å²) >= 11 is 0. The molecule has 1 atom stereocenters. The van der Waals surface area contributed by atoms with Crippen LogP contribution in [0.15, 0.2) is 36.0 Å². The summed E-state index contributed by atoms with van der Waals surface area (Å²) in [7, 11) is 0.